The van der Waals surface area contributed by atoms with Crippen LogP contribution in [-0.2, 0) is 0 Å². The van der Waals surface area contributed by atoms with Gasteiger partial charge in [-0.1, -0.05) is 22.4 Å². The van der Waals surface area contributed by atoms with Crippen LogP contribution in [0.25, 0.3) is 20.9 Å². The number of hydrogen-bond donors (Lipinski definition) is 0. The lowest BCUT2D eigenvalue weighted by molar-refractivity contribution is 0.483. The second kappa shape index (κ2) is 5.97. The molecule has 0 radical (unpaired) electrons. The van der Waals surface area contributed by atoms with E-state index in [4.69, 9.17) is 15.8 Å². The van der Waals surface area contributed by atoms with Gasteiger partial charge in [0.15, 0.2) is 0 Å². The second-order valence-corrected chi connectivity index (χ2v) is 3.47. The van der Waals surface area contributed by atoms with Crippen LogP contribution in [0.15, 0.2) is 58.8 Å². The molecule has 0 saturated carbocycles. The standard InChI is InChI=1S/C12H8N6O/c13-17-15-9-4-6-11(7-5-9)19-12-3-1-2-10(8-12)16-18-14/h1-8H. The Kier molecular flexibility index (Phi) is 3.87. The summed E-state index contributed by atoms with van der Waals surface area (Å²) in [7, 11) is 0. The van der Waals surface area contributed by atoms with E-state index in [0.29, 0.717) is 22.9 Å². The van der Waals surface area contributed by atoms with Gasteiger partial charge < -0.3 is 4.74 Å². The molecule has 0 unspecified atom stereocenters. The molecule has 0 saturated heterocycles. The number of ether oxygens (including phenoxy) is 1. The van der Waals surface area contributed by atoms with E-state index in [1.54, 1.807) is 48.5 Å². The van der Waals surface area contributed by atoms with E-state index in [1.165, 1.54) is 0 Å². The number of benzene rings is 2. The zero-order valence-corrected chi connectivity index (χ0v) is 9.71. The highest BCUT2D eigenvalue weighted by Gasteiger charge is 1.98. The maximum absolute atomic E-state index is 8.36. The molecular formula is C12H8N6O. The fourth-order valence-corrected chi connectivity index (χ4v) is 1.43. The van der Waals surface area contributed by atoms with Gasteiger partial charge in [-0.2, -0.15) is 0 Å². The molecule has 2 aromatic rings. The van der Waals surface area contributed by atoms with Gasteiger partial charge >= 0.3 is 0 Å². The second-order valence-electron chi connectivity index (χ2n) is 3.47. The zero-order chi connectivity index (χ0) is 13.5. The van der Waals surface area contributed by atoms with Crippen molar-refractivity contribution in [1.29, 1.82) is 0 Å². The first-order valence-corrected chi connectivity index (χ1v) is 5.30. The van der Waals surface area contributed by atoms with Crippen LogP contribution in [0.5, 0.6) is 11.5 Å². The van der Waals surface area contributed by atoms with E-state index >= 15 is 0 Å². The van der Waals surface area contributed by atoms with Crippen LogP contribution in [0.1, 0.15) is 0 Å². The summed E-state index contributed by atoms with van der Waals surface area (Å²) in [5, 5.41) is 6.96. The lowest BCUT2D eigenvalue weighted by Crippen LogP contribution is -1.82. The SMILES string of the molecule is [N-]=[N+]=Nc1ccc(Oc2cccc(N=[N+]=[N-])c2)cc1. The lowest BCUT2D eigenvalue weighted by atomic mass is 10.3. The van der Waals surface area contributed by atoms with Crippen LogP contribution >= 0.6 is 0 Å². The monoisotopic (exact) mass is 252 g/mol. The molecule has 0 bridgehead atoms. The van der Waals surface area contributed by atoms with Crippen LogP contribution in [-0.4, -0.2) is 0 Å². The summed E-state index contributed by atoms with van der Waals surface area (Å²) in [6.07, 6.45) is 0. The minimum atomic E-state index is 0.478. The Morgan fingerprint density at radius 1 is 0.789 bits per heavy atom. The smallest absolute Gasteiger partial charge is 0.127 e. The Morgan fingerprint density at radius 2 is 1.47 bits per heavy atom. The van der Waals surface area contributed by atoms with Gasteiger partial charge in [0.2, 0.25) is 0 Å². The van der Waals surface area contributed by atoms with Gasteiger partial charge in [-0.25, -0.2) is 0 Å². The summed E-state index contributed by atoms with van der Waals surface area (Å²) in [6.45, 7) is 0. The van der Waals surface area contributed by atoms with Crippen LogP contribution < -0.4 is 4.74 Å². The molecule has 0 fully saturated rings. The van der Waals surface area contributed by atoms with E-state index in [-0.39, 0.29) is 0 Å². The Morgan fingerprint density at radius 3 is 2.16 bits per heavy atom. The third-order valence-electron chi connectivity index (χ3n) is 2.21. The largest absolute Gasteiger partial charge is 0.457 e. The van der Waals surface area contributed by atoms with Gasteiger partial charge in [-0.05, 0) is 47.5 Å². The molecule has 0 N–H and O–H groups in total. The van der Waals surface area contributed by atoms with E-state index in [0.717, 1.165) is 0 Å². The number of hydrogen-bond acceptors (Lipinski definition) is 3. The highest BCUT2D eigenvalue weighted by Crippen LogP contribution is 2.27. The Labute approximate surface area is 108 Å². The van der Waals surface area contributed by atoms with Crippen molar-refractivity contribution in [2.24, 2.45) is 10.2 Å². The van der Waals surface area contributed by atoms with Crippen LogP contribution in [0.3, 0.4) is 0 Å². The number of azide groups is 2. The molecule has 0 aromatic heterocycles. The summed E-state index contributed by atoms with van der Waals surface area (Å²) in [5.74, 6) is 1.15. The van der Waals surface area contributed by atoms with E-state index in [2.05, 4.69) is 20.1 Å². The highest BCUT2D eigenvalue weighted by molar-refractivity contribution is 5.46. The summed E-state index contributed by atoms with van der Waals surface area (Å²) in [6, 6.07) is 13.4. The van der Waals surface area contributed by atoms with Gasteiger partial charge in [0.1, 0.15) is 11.5 Å². The van der Waals surface area contributed by atoms with Gasteiger partial charge in [-0.3, -0.25) is 0 Å². The Hall–Kier alpha value is -3.14. The van der Waals surface area contributed by atoms with Crippen molar-refractivity contribution < 1.29 is 4.74 Å². The molecule has 0 aliphatic carbocycles. The van der Waals surface area contributed by atoms with Crippen molar-refractivity contribution in [3.8, 4) is 11.5 Å². The van der Waals surface area contributed by atoms with Crippen molar-refractivity contribution in [2.45, 2.75) is 0 Å². The summed E-state index contributed by atoms with van der Waals surface area (Å²) >= 11 is 0. The molecule has 7 nitrogen and oxygen atoms in total. The highest BCUT2D eigenvalue weighted by atomic mass is 16.5. The van der Waals surface area contributed by atoms with Crippen LogP contribution in [0, 0.1) is 0 Å². The van der Waals surface area contributed by atoms with E-state index < -0.39 is 0 Å². The van der Waals surface area contributed by atoms with E-state index in [1.807, 2.05) is 0 Å². The van der Waals surface area contributed by atoms with Crippen molar-refractivity contribution in [3.05, 3.63) is 69.4 Å². The first kappa shape index (κ1) is 12.3. The topological polar surface area (TPSA) is 107 Å². The normalized spacial score (nSPS) is 9.05. The van der Waals surface area contributed by atoms with Crippen LogP contribution in [0.4, 0.5) is 11.4 Å². The molecule has 0 spiro atoms. The maximum atomic E-state index is 8.36. The summed E-state index contributed by atoms with van der Waals surface area (Å²) in [4.78, 5) is 5.40. The molecule has 0 heterocycles. The van der Waals surface area contributed by atoms with Gasteiger partial charge in [0.05, 0.1) is 0 Å². The predicted octanol–water partition coefficient (Wildman–Crippen LogP) is 5.36. The first-order chi connectivity index (χ1) is 9.31. The lowest BCUT2D eigenvalue weighted by Gasteiger charge is -2.06. The quantitative estimate of drug-likeness (QED) is 0.407. The Balaban J connectivity index is 2.18. The molecular weight excluding hydrogens is 244 g/mol. The average molecular weight is 252 g/mol. The Bertz CT molecular complexity index is 669. The van der Waals surface area contributed by atoms with Gasteiger partial charge in [0.25, 0.3) is 0 Å². The summed E-state index contributed by atoms with van der Waals surface area (Å²) in [5.41, 5.74) is 17.6. The molecule has 92 valence electrons. The maximum Gasteiger partial charge on any atom is 0.127 e. The van der Waals surface area contributed by atoms with Crippen molar-refractivity contribution in [3.63, 3.8) is 0 Å². The average Bonchev–Trinajstić information content (AvgIpc) is 2.42. The predicted molar refractivity (Wildman–Crippen MR) is 70.6 cm³/mol. The van der Waals surface area contributed by atoms with Crippen molar-refractivity contribution in [2.75, 3.05) is 0 Å². The molecule has 0 atom stereocenters. The van der Waals surface area contributed by atoms with Gasteiger partial charge in [-0.15, -0.1) is 0 Å². The third kappa shape index (κ3) is 3.41. The van der Waals surface area contributed by atoms with Crippen molar-refractivity contribution >= 4 is 11.4 Å². The molecule has 2 aromatic carbocycles. The van der Waals surface area contributed by atoms with Gasteiger partial charge in [0, 0.05) is 21.2 Å². The number of nitrogens with zero attached hydrogens (tertiary/aromatic N) is 6. The molecule has 7 heteroatoms. The first-order valence-electron chi connectivity index (χ1n) is 5.30. The third-order valence-corrected chi connectivity index (χ3v) is 2.21. The fourth-order valence-electron chi connectivity index (χ4n) is 1.43. The molecule has 2 rings (SSSR count). The molecule has 0 aliphatic rings. The van der Waals surface area contributed by atoms with Crippen molar-refractivity contribution in [1.82, 2.24) is 0 Å². The minimum Gasteiger partial charge on any atom is -0.457 e. The number of rotatable bonds is 4. The van der Waals surface area contributed by atoms with E-state index in [9.17, 15) is 0 Å². The van der Waals surface area contributed by atoms with Crippen LogP contribution in [0.2, 0.25) is 0 Å². The molecule has 0 amide bonds. The summed E-state index contributed by atoms with van der Waals surface area (Å²) < 4.78 is 5.58. The molecule has 0 aliphatic heterocycles. The molecule has 19 heavy (non-hydrogen) atoms. The zero-order valence-electron chi connectivity index (χ0n) is 9.71. The fraction of sp³-hybridized carbons (Fsp3) is 0. The minimum absolute atomic E-state index is 0.478.